The molecular weight excluding hydrogens is 360 g/mol. The monoisotopic (exact) mass is 384 g/mol. The van der Waals surface area contributed by atoms with Crippen LogP contribution in [0.1, 0.15) is 24.3 Å². The smallest absolute Gasteiger partial charge is 0.226 e. The molecule has 1 aliphatic carbocycles. The van der Waals surface area contributed by atoms with Crippen molar-refractivity contribution >= 4 is 15.9 Å². The van der Waals surface area contributed by atoms with Crippen LogP contribution in [0.5, 0.6) is 0 Å². The summed E-state index contributed by atoms with van der Waals surface area (Å²) >= 11 is 0. The van der Waals surface area contributed by atoms with Crippen LogP contribution in [-0.2, 0) is 14.8 Å². The lowest BCUT2D eigenvalue weighted by Crippen LogP contribution is -2.38. The van der Waals surface area contributed by atoms with E-state index in [-0.39, 0.29) is 23.8 Å². The lowest BCUT2D eigenvalue weighted by Gasteiger charge is -2.17. The van der Waals surface area contributed by atoms with Crippen molar-refractivity contribution in [3.8, 4) is 11.1 Å². The van der Waals surface area contributed by atoms with Crippen LogP contribution in [0.2, 0.25) is 0 Å². The van der Waals surface area contributed by atoms with E-state index in [0.29, 0.717) is 19.5 Å². The zero-order valence-electron chi connectivity index (χ0n) is 15.3. The van der Waals surface area contributed by atoms with Gasteiger partial charge in [0.05, 0.1) is 6.26 Å². The number of benzene rings is 2. The lowest BCUT2D eigenvalue weighted by molar-refractivity contribution is -0.131. The number of carbonyl (C=O) groups excluding carboxylic acids is 1. The van der Waals surface area contributed by atoms with Crippen molar-refractivity contribution in [2.24, 2.45) is 5.92 Å². The van der Waals surface area contributed by atoms with Gasteiger partial charge < -0.3 is 4.90 Å². The molecule has 1 amide bonds. The first-order valence-corrected chi connectivity index (χ1v) is 11.2. The molecule has 1 saturated heterocycles. The normalized spacial score (nSPS) is 24.8. The number of rotatable bonds is 5. The molecular formula is C21H24N2O3S. The zero-order valence-corrected chi connectivity index (χ0v) is 16.2. The Labute approximate surface area is 160 Å². The van der Waals surface area contributed by atoms with Crippen LogP contribution < -0.4 is 4.72 Å². The van der Waals surface area contributed by atoms with Gasteiger partial charge in [-0.25, -0.2) is 13.1 Å². The van der Waals surface area contributed by atoms with Gasteiger partial charge in [-0.3, -0.25) is 4.79 Å². The zero-order chi connectivity index (χ0) is 19.0. The van der Waals surface area contributed by atoms with Crippen molar-refractivity contribution in [1.82, 2.24) is 9.62 Å². The predicted octanol–water partition coefficient (Wildman–Crippen LogP) is 2.61. The van der Waals surface area contributed by atoms with Gasteiger partial charge in [0.2, 0.25) is 15.9 Å². The molecule has 1 N–H and O–H groups in total. The number of likely N-dealkylation sites (tertiary alicyclic amines) is 1. The minimum absolute atomic E-state index is 0.00634. The molecule has 5 nitrogen and oxygen atoms in total. The molecule has 1 aliphatic heterocycles. The van der Waals surface area contributed by atoms with Crippen molar-refractivity contribution in [3.05, 3.63) is 60.2 Å². The van der Waals surface area contributed by atoms with E-state index in [4.69, 9.17) is 0 Å². The average Bonchev–Trinajstić information content (AvgIpc) is 3.32. The third-order valence-corrected chi connectivity index (χ3v) is 6.19. The number of nitrogens with zero attached hydrogens (tertiary/aromatic N) is 1. The Kier molecular flexibility index (Phi) is 4.78. The Hall–Kier alpha value is -2.18. The van der Waals surface area contributed by atoms with Gasteiger partial charge in [-0.1, -0.05) is 54.6 Å². The molecule has 0 bridgehead atoms. The minimum Gasteiger partial charge on any atom is -0.341 e. The summed E-state index contributed by atoms with van der Waals surface area (Å²) in [6.45, 7) is 1.09. The van der Waals surface area contributed by atoms with Crippen molar-refractivity contribution in [2.75, 3.05) is 19.3 Å². The third kappa shape index (κ3) is 4.06. The van der Waals surface area contributed by atoms with Gasteiger partial charge in [-0.05, 0) is 35.4 Å². The maximum absolute atomic E-state index is 12.9. The van der Waals surface area contributed by atoms with Gasteiger partial charge in [0, 0.05) is 25.0 Å². The number of amides is 1. The van der Waals surface area contributed by atoms with E-state index < -0.39 is 10.0 Å². The number of sulfonamides is 1. The Morgan fingerprint density at radius 1 is 1.07 bits per heavy atom. The molecule has 27 heavy (non-hydrogen) atoms. The van der Waals surface area contributed by atoms with Crippen LogP contribution in [0.4, 0.5) is 0 Å². The second-order valence-corrected chi connectivity index (χ2v) is 9.34. The first-order valence-electron chi connectivity index (χ1n) is 9.33. The minimum atomic E-state index is -3.24. The summed E-state index contributed by atoms with van der Waals surface area (Å²) < 4.78 is 25.4. The lowest BCUT2D eigenvalue weighted by atomic mass is 9.96. The quantitative estimate of drug-likeness (QED) is 0.862. The maximum atomic E-state index is 12.9. The highest BCUT2D eigenvalue weighted by Crippen LogP contribution is 2.51. The Bertz CT molecular complexity index is 943. The first kappa shape index (κ1) is 18.2. The summed E-state index contributed by atoms with van der Waals surface area (Å²) in [5, 5.41) is 0. The highest BCUT2D eigenvalue weighted by Gasteiger charge is 2.47. The van der Waals surface area contributed by atoms with Crippen LogP contribution in [0, 0.1) is 5.92 Å². The van der Waals surface area contributed by atoms with Crippen LogP contribution in [0.25, 0.3) is 11.1 Å². The SMILES string of the molecule is CS(=O)(=O)NC1CCN(C(=O)C2CC2c2ccccc2-c2ccccc2)C1. The standard InChI is InChI=1S/C21H24N2O3S/c1-27(25,26)22-16-11-12-23(14-16)21(24)20-13-19(20)18-10-6-5-9-17(18)15-7-3-2-4-8-15/h2-10,16,19-20,22H,11-14H2,1H3. The van der Waals surface area contributed by atoms with Gasteiger partial charge in [0.15, 0.2) is 0 Å². The van der Waals surface area contributed by atoms with Crippen LogP contribution >= 0.6 is 0 Å². The van der Waals surface area contributed by atoms with E-state index in [2.05, 4.69) is 29.0 Å². The van der Waals surface area contributed by atoms with Crippen molar-refractivity contribution in [1.29, 1.82) is 0 Å². The molecule has 1 heterocycles. The molecule has 3 unspecified atom stereocenters. The highest BCUT2D eigenvalue weighted by molar-refractivity contribution is 7.88. The van der Waals surface area contributed by atoms with Crippen molar-refractivity contribution in [2.45, 2.75) is 24.8 Å². The largest absolute Gasteiger partial charge is 0.341 e. The summed E-state index contributed by atoms with van der Waals surface area (Å²) in [6.07, 6.45) is 2.70. The fourth-order valence-electron chi connectivity index (χ4n) is 4.11. The molecule has 6 heteroatoms. The van der Waals surface area contributed by atoms with E-state index in [1.807, 2.05) is 35.2 Å². The molecule has 2 aliphatic rings. The maximum Gasteiger partial charge on any atom is 0.226 e. The van der Waals surface area contributed by atoms with Crippen LogP contribution in [-0.4, -0.2) is 44.6 Å². The van der Waals surface area contributed by atoms with Crippen LogP contribution in [0.15, 0.2) is 54.6 Å². The van der Waals surface area contributed by atoms with E-state index in [1.54, 1.807) is 0 Å². The number of hydrogen-bond donors (Lipinski definition) is 1. The van der Waals surface area contributed by atoms with Crippen LogP contribution in [0.3, 0.4) is 0 Å². The van der Waals surface area contributed by atoms with E-state index in [0.717, 1.165) is 12.7 Å². The number of carbonyl (C=O) groups is 1. The van der Waals surface area contributed by atoms with Crippen molar-refractivity contribution in [3.63, 3.8) is 0 Å². The molecule has 0 spiro atoms. The summed E-state index contributed by atoms with van der Waals surface area (Å²) in [5.74, 6) is 0.406. The second-order valence-electron chi connectivity index (χ2n) is 7.56. The molecule has 1 saturated carbocycles. The first-order chi connectivity index (χ1) is 12.9. The van der Waals surface area contributed by atoms with Gasteiger partial charge in [0.25, 0.3) is 0 Å². The molecule has 0 radical (unpaired) electrons. The molecule has 142 valence electrons. The Morgan fingerprint density at radius 3 is 2.52 bits per heavy atom. The molecule has 2 aromatic rings. The Morgan fingerprint density at radius 2 is 1.78 bits per heavy atom. The van der Waals surface area contributed by atoms with Crippen molar-refractivity contribution < 1.29 is 13.2 Å². The second kappa shape index (κ2) is 7.09. The van der Waals surface area contributed by atoms with E-state index >= 15 is 0 Å². The van der Waals surface area contributed by atoms with Gasteiger partial charge in [0.1, 0.15) is 0 Å². The summed E-state index contributed by atoms with van der Waals surface area (Å²) in [7, 11) is -3.24. The summed E-state index contributed by atoms with van der Waals surface area (Å²) in [4.78, 5) is 14.7. The fraction of sp³-hybridized carbons (Fsp3) is 0.381. The van der Waals surface area contributed by atoms with Gasteiger partial charge >= 0.3 is 0 Å². The molecule has 2 fully saturated rings. The highest BCUT2D eigenvalue weighted by atomic mass is 32.2. The Balaban J connectivity index is 1.46. The van der Waals surface area contributed by atoms with Gasteiger partial charge in [-0.2, -0.15) is 0 Å². The summed E-state index contributed by atoms with van der Waals surface area (Å²) in [5.41, 5.74) is 3.59. The molecule has 2 aromatic carbocycles. The predicted molar refractivity (Wildman–Crippen MR) is 106 cm³/mol. The summed E-state index contributed by atoms with van der Waals surface area (Å²) in [6, 6.07) is 18.4. The van der Waals surface area contributed by atoms with E-state index in [9.17, 15) is 13.2 Å². The topological polar surface area (TPSA) is 66.5 Å². The third-order valence-electron chi connectivity index (χ3n) is 5.43. The number of nitrogens with one attached hydrogen (secondary N) is 1. The van der Waals surface area contributed by atoms with E-state index in [1.165, 1.54) is 16.7 Å². The van der Waals surface area contributed by atoms with Gasteiger partial charge in [-0.15, -0.1) is 0 Å². The average molecular weight is 385 g/mol. The molecule has 4 rings (SSSR count). The number of hydrogen-bond acceptors (Lipinski definition) is 3. The fourth-order valence-corrected chi connectivity index (χ4v) is 4.90. The molecule has 3 atom stereocenters. The molecule has 0 aromatic heterocycles.